The van der Waals surface area contributed by atoms with Crippen molar-refractivity contribution in [2.24, 2.45) is 0 Å². The predicted molar refractivity (Wildman–Crippen MR) is 94.4 cm³/mol. The number of fused-ring (bicyclic) bond motifs is 1. The topological polar surface area (TPSA) is 77.0 Å². The highest BCUT2D eigenvalue weighted by Gasteiger charge is 2.24. The minimum atomic E-state index is 0.483. The molecular weight excluding hydrogens is 288 g/mol. The zero-order valence-corrected chi connectivity index (χ0v) is 14.1. The molecular formula is C18H23N4O+. The minimum Gasteiger partial charge on any atom is -0.497 e. The minimum absolute atomic E-state index is 0.483. The summed E-state index contributed by atoms with van der Waals surface area (Å²) < 4.78 is 5.45. The monoisotopic (exact) mass is 311 g/mol. The lowest BCUT2D eigenvalue weighted by Crippen LogP contribution is -2.39. The first kappa shape index (κ1) is 15.3. The van der Waals surface area contributed by atoms with E-state index in [1.54, 1.807) is 7.11 Å². The number of methoxy groups -OCH3 is 1. The molecule has 0 aliphatic carbocycles. The standard InChI is InChI=1S/C18H22N4O/c1-10-7-13(23-4)8-14-16(12-5-6-22(3)9-12)15(11(2)19)18(20)21-17(10)14/h7-9,19H,5-6H2,1-4H3,(H2,20,21)/p+1. The van der Waals surface area contributed by atoms with Gasteiger partial charge in [-0.1, -0.05) is 0 Å². The van der Waals surface area contributed by atoms with E-state index < -0.39 is 0 Å². The second-order valence-electron chi connectivity index (χ2n) is 6.16. The van der Waals surface area contributed by atoms with Gasteiger partial charge in [-0.15, -0.1) is 0 Å². The number of benzene rings is 1. The van der Waals surface area contributed by atoms with Crippen LogP contribution in [0, 0.1) is 6.92 Å². The Balaban J connectivity index is 2.44. The summed E-state index contributed by atoms with van der Waals surface area (Å²) in [6.45, 7) is 4.88. The fourth-order valence-electron chi connectivity index (χ4n) is 3.26. The van der Waals surface area contributed by atoms with Crippen LogP contribution in [0.25, 0.3) is 16.5 Å². The number of nitrogen functional groups attached to an aromatic ring is 1. The number of rotatable bonds is 3. The Hall–Kier alpha value is -2.56. The van der Waals surface area contributed by atoms with Crippen molar-refractivity contribution in [3.63, 3.8) is 0 Å². The highest BCUT2D eigenvalue weighted by molar-refractivity contribution is 6.10. The Bertz CT molecular complexity index is 839. The third-order valence-electron chi connectivity index (χ3n) is 4.34. The van der Waals surface area contributed by atoms with Crippen molar-refractivity contribution < 1.29 is 10.1 Å². The number of ether oxygens (including phenoxy) is 1. The van der Waals surface area contributed by atoms with E-state index in [0.717, 1.165) is 46.3 Å². The van der Waals surface area contributed by atoms with Gasteiger partial charge >= 0.3 is 0 Å². The molecule has 1 aromatic carbocycles. The van der Waals surface area contributed by atoms with Crippen LogP contribution in [0.5, 0.6) is 5.75 Å². The maximum atomic E-state index is 6.25. The van der Waals surface area contributed by atoms with Crippen molar-refractivity contribution in [1.82, 2.24) is 9.88 Å². The largest absolute Gasteiger partial charge is 0.497 e. The summed E-state index contributed by atoms with van der Waals surface area (Å²) in [5, 5.41) is 7.18. The van der Waals surface area contributed by atoms with Gasteiger partial charge in [-0.3, -0.25) is 5.41 Å². The van der Waals surface area contributed by atoms with Crippen LogP contribution in [0.3, 0.4) is 0 Å². The zero-order valence-electron chi connectivity index (χ0n) is 14.1. The van der Waals surface area contributed by atoms with Crippen LogP contribution in [0.1, 0.15) is 30.0 Å². The Morgan fingerprint density at radius 1 is 1.39 bits per heavy atom. The molecule has 0 fully saturated rings. The molecule has 0 spiro atoms. The second kappa shape index (κ2) is 5.57. The van der Waals surface area contributed by atoms with Gasteiger partial charge in [0.15, 0.2) is 5.71 Å². The average molecular weight is 311 g/mol. The fourth-order valence-corrected chi connectivity index (χ4v) is 3.26. The molecule has 1 aliphatic heterocycles. The second-order valence-corrected chi connectivity index (χ2v) is 6.16. The van der Waals surface area contributed by atoms with Gasteiger partial charge < -0.3 is 15.4 Å². The third-order valence-corrected chi connectivity index (χ3v) is 4.34. The van der Waals surface area contributed by atoms with Gasteiger partial charge in [-0.25, -0.2) is 4.98 Å². The van der Waals surface area contributed by atoms with Crippen molar-refractivity contribution in [2.45, 2.75) is 20.3 Å². The fraction of sp³-hybridized carbons (Fsp3) is 0.333. The van der Waals surface area contributed by atoms with Crippen molar-refractivity contribution >= 4 is 28.0 Å². The average Bonchev–Trinajstić information content (AvgIpc) is 2.92. The van der Waals surface area contributed by atoms with Crippen LogP contribution in [-0.4, -0.2) is 36.3 Å². The van der Waals surface area contributed by atoms with E-state index in [1.165, 1.54) is 5.57 Å². The number of aromatic nitrogens is 1. The summed E-state index contributed by atoms with van der Waals surface area (Å²) in [6, 6.07) is 4.00. The Morgan fingerprint density at radius 3 is 2.70 bits per heavy atom. The SMILES string of the molecule is COc1cc(C)c2nc(N)c(C(C)=[NH2+])c(C3=CN(C)CC3)c2c1. The van der Waals surface area contributed by atoms with Crippen molar-refractivity contribution in [1.29, 1.82) is 0 Å². The van der Waals surface area contributed by atoms with E-state index in [2.05, 4.69) is 23.1 Å². The van der Waals surface area contributed by atoms with Gasteiger partial charge in [0, 0.05) is 37.7 Å². The quantitative estimate of drug-likeness (QED) is 0.840. The number of hydrogen-bond acceptors (Lipinski definition) is 4. The normalized spacial score (nSPS) is 14.3. The maximum Gasteiger partial charge on any atom is 0.181 e. The molecule has 1 aliphatic rings. The molecule has 23 heavy (non-hydrogen) atoms. The molecule has 0 saturated carbocycles. The summed E-state index contributed by atoms with van der Waals surface area (Å²) in [5.41, 5.74) is 12.0. The molecule has 0 bridgehead atoms. The van der Waals surface area contributed by atoms with Gasteiger partial charge in [-0.05, 0) is 36.6 Å². The van der Waals surface area contributed by atoms with Crippen LogP contribution in [0.15, 0.2) is 18.3 Å². The molecule has 4 N–H and O–H groups in total. The van der Waals surface area contributed by atoms with Crippen LogP contribution in [0.2, 0.25) is 0 Å². The van der Waals surface area contributed by atoms with E-state index >= 15 is 0 Å². The van der Waals surface area contributed by atoms with Gasteiger partial charge in [0.25, 0.3) is 0 Å². The summed E-state index contributed by atoms with van der Waals surface area (Å²) in [4.78, 5) is 6.78. The van der Waals surface area contributed by atoms with E-state index in [0.29, 0.717) is 11.5 Å². The van der Waals surface area contributed by atoms with Gasteiger partial charge in [-0.2, -0.15) is 0 Å². The summed E-state index contributed by atoms with van der Waals surface area (Å²) >= 11 is 0. The van der Waals surface area contributed by atoms with E-state index in [1.807, 2.05) is 26.0 Å². The van der Waals surface area contributed by atoms with E-state index in [9.17, 15) is 0 Å². The third kappa shape index (κ3) is 2.52. The van der Waals surface area contributed by atoms with Crippen LogP contribution >= 0.6 is 0 Å². The smallest absolute Gasteiger partial charge is 0.181 e. The highest BCUT2D eigenvalue weighted by atomic mass is 16.5. The molecule has 5 heteroatoms. The Kier molecular flexibility index (Phi) is 3.72. The number of nitrogens with two attached hydrogens (primary N) is 2. The van der Waals surface area contributed by atoms with Gasteiger partial charge in [0.2, 0.25) is 0 Å². The predicted octanol–water partition coefficient (Wildman–Crippen LogP) is 1.38. The Labute approximate surface area is 136 Å². The number of nitrogens with zero attached hydrogens (tertiary/aromatic N) is 2. The van der Waals surface area contributed by atoms with E-state index in [-0.39, 0.29) is 0 Å². The van der Waals surface area contributed by atoms with E-state index in [4.69, 9.17) is 15.9 Å². The first-order valence-electron chi connectivity index (χ1n) is 7.71. The molecule has 0 atom stereocenters. The molecule has 2 heterocycles. The molecule has 120 valence electrons. The summed E-state index contributed by atoms with van der Waals surface area (Å²) in [5.74, 6) is 1.30. The van der Waals surface area contributed by atoms with Gasteiger partial charge in [0.05, 0.1) is 18.2 Å². The maximum absolute atomic E-state index is 6.25. The van der Waals surface area contributed by atoms with Gasteiger partial charge in [0.1, 0.15) is 11.6 Å². The molecule has 0 saturated heterocycles. The summed E-state index contributed by atoms with van der Waals surface area (Å²) in [6.07, 6.45) is 3.13. The molecule has 3 rings (SSSR count). The number of aryl methyl sites for hydroxylation is 1. The molecule has 1 aromatic heterocycles. The van der Waals surface area contributed by atoms with Crippen molar-refractivity contribution in [3.8, 4) is 5.75 Å². The molecule has 0 amide bonds. The summed E-state index contributed by atoms with van der Waals surface area (Å²) in [7, 11) is 3.75. The highest BCUT2D eigenvalue weighted by Crippen LogP contribution is 2.37. The molecule has 0 radical (unpaired) electrons. The number of hydrogen-bond donors (Lipinski definition) is 2. The molecule has 2 aromatic rings. The van der Waals surface area contributed by atoms with Crippen LogP contribution in [0.4, 0.5) is 5.82 Å². The first-order valence-corrected chi connectivity index (χ1v) is 7.71. The lowest BCUT2D eigenvalue weighted by Gasteiger charge is -2.15. The lowest BCUT2D eigenvalue weighted by molar-refractivity contribution is -0.113. The van der Waals surface area contributed by atoms with Crippen molar-refractivity contribution in [3.05, 3.63) is 35.0 Å². The van der Waals surface area contributed by atoms with Crippen LogP contribution < -0.4 is 15.9 Å². The molecule has 5 nitrogen and oxygen atoms in total. The molecule has 0 unspecified atom stereocenters. The number of anilines is 1. The number of pyridine rings is 1. The first-order chi connectivity index (χ1) is 10.9. The Morgan fingerprint density at radius 2 is 2.13 bits per heavy atom. The van der Waals surface area contributed by atoms with Crippen LogP contribution in [-0.2, 0) is 0 Å². The lowest BCUT2D eigenvalue weighted by atomic mass is 9.92. The zero-order chi connectivity index (χ0) is 16.7. The van der Waals surface area contributed by atoms with Crippen molar-refractivity contribution in [2.75, 3.05) is 26.4 Å².